The zero-order valence-electron chi connectivity index (χ0n) is 14.0. The second-order valence-corrected chi connectivity index (χ2v) is 6.44. The van der Waals surface area contributed by atoms with Gasteiger partial charge in [-0.15, -0.1) is 0 Å². The summed E-state index contributed by atoms with van der Waals surface area (Å²) >= 11 is 0. The van der Waals surface area contributed by atoms with Gasteiger partial charge in [0.2, 0.25) is 17.7 Å². The highest BCUT2D eigenvalue weighted by atomic mass is 16.2. The third-order valence-corrected chi connectivity index (χ3v) is 4.82. The first-order valence-electron chi connectivity index (χ1n) is 8.47. The molecule has 0 aromatic heterocycles. The average Bonchev–Trinajstić information content (AvgIpc) is 2.61. The van der Waals surface area contributed by atoms with E-state index in [1.165, 1.54) is 17.4 Å². The second-order valence-electron chi connectivity index (χ2n) is 6.44. The predicted molar refractivity (Wildman–Crippen MR) is 87.6 cm³/mol. The summed E-state index contributed by atoms with van der Waals surface area (Å²) in [7, 11) is 1.59. The van der Waals surface area contributed by atoms with Gasteiger partial charge in [0.25, 0.3) is 0 Å². The van der Waals surface area contributed by atoms with Gasteiger partial charge in [-0.3, -0.25) is 14.4 Å². The van der Waals surface area contributed by atoms with Crippen molar-refractivity contribution in [2.24, 2.45) is 5.92 Å². The number of amides is 3. The molecule has 1 saturated heterocycles. The van der Waals surface area contributed by atoms with Crippen molar-refractivity contribution in [1.82, 2.24) is 14.7 Å². The van der Waals surface area contributed by atoms with E-state index in [0.29, 0.717) is 26.2 Å². The lowest BCUT2D eigenvalue weighted by Crippen LogP contribution is -2.53. The molecule has 2 rings (SSSR count). The molecule has 1 heterocycles. The molecule has 0 bridgehead atoms. The van der Waals surface area contributed by atoms with Crippen LogP contribution in [-0.4, -0.2) is 72.2 Å². The molecular formula is C17H27N3O3. The van der Waals surface area contributed by atoms with Gasteiger partial charge in [0.05, 0.1) is 6.54 Å². The Bertz CT molecular complexity index is 464. The molecule has 128 valence electrons. The van der Waals surface area contributed by atoms with Gasteiger partial charge in [-0.05, 0) is 18.9 Å². The number of hydrogen-bond donors (Lipinski definition) is 0. The average molecular weight is 321 g/mol. The highest BCUT2D eigenvalue weighted by Crippen LogP contribution is 2.25. The third kappa shape index (κ3) is 4.56. The van der Waals surface area contributed by atoms with E-state index in [-0.39, 0.29) is 30.2 Å². The van der Waals surface area contributed by atoms with Crippen LogP contribution in [0.2, 0.25) is 0 Å². The molecule has 6 heteroatoms. The smallest absolute Gasteiger partial charge is 0.246 e. The maximum atomic E-state index is 12.5. The van der Waals surface area contributed by atoms with Crippen molar-refractivity contribution in [3.05, 3.63) is 12.7 Å². The van der Waals surface area contributed by atoms with Crippen LogP contribution in [0.1, 0.15) is 32.1 Å². The summed E-state index contributed by atoms with van der Waals surface area (Å²) in [5, 5.41) is 0. The molecule has 23 heavy (non-hydrogen) atoms. The second kappa shape index (κ2) is 8.13. The molecule has 1 aliphatic heterocycles. The Hall–Kier alpha value is -1.85. The Morgan fingerprint density at radius 3 is 2.17 bits per heavy atom. The molecule has 1 saturated carbocycles. The summed E-state index contributed by atoms with van der Waals surface area (Å²) in [5.41, 5.74) is 0. The minimum absolute atomic E-state index is 0.0570. The van der Waals surface area contributed by atoms with Crippen LogP contribution < -0.4 is 0 Å². The highest BCUT2D eigenvalue weighted by Gasteiger charge is 2.29. The quantitative estimate of drug-likeness (QED) is 0.722. The highest BCUT2D eigenvalue weighted by molar-refractivity contribution is 5.90. The number of likely N-dealkylation sites (N-methyl/N-ethyl adjacent to an activating group) is 1. The van der Waals surface area contributed by atoms with Gasteiger partial charge in [0, 0.05) is 39.1 Å². The van der Waals surface area contributed by atoms with Gasteiger partial charge in [-0.25, -0.2) is 0 Å². The monoisotopic (exact) mass is 321 g/mol. The molecule has 0 aromatic carbocycles. The summed E-state index contributed by atoms with van der Waals surface area (Å²) in [6.45, 7) is 5.76. The molecule has 3 amide bonds. The van der Waals surface area contributed by atoms with Crippen molar-refractivity contribution in [3.63, 3.8) is 0 Å². The Balaban J connectivity index is 1.78. The molecule has 6 nitrogen and oxygen atoms in total. The van der Waals surface area contributed by atoms with E-state index in [9.17, 15) is 14.4 Å². The Morgan fingerprint density at radius 1 is 1.04 bits per heavy atom. The molecular weight excluding hydrogens is 294 g/mol. The maximum absolute atomic E-state index is 12.5. The van der Waals surface area contributed by atoms with Crippen molar-refractivity contribution >= 4 is 17.7 Å². The summed E-state index contributed by atoms with van der Waals surface area (Å²) in [6.07, 6.45) is 6.76. The first-order chi connectivity index (χ1) is 11.0. The molecule has 0 atom stereocenters. The van der Waals surface area contributed by atoms with E-state index in [1.54, 1.807) is 11.9 Å². The molecule has 0 N–H and O–H groups in total. The molecule has 0 spiro atoms. The minimum Gasteiger partial charge on any atom is -0.339 e. The van der Waals surface area contributed by atoms with Crippen molar-refractivity contribution in [1.29, 1.82) is 0 Å². The zero-order valence-corrected chi connectivity index (χ0v) is 14.0. The Kier molecular flexibility index (Phi) is 6.19. The van der Waals surface area contributed by atoms with Gasteiger partial charge in [0.15, 0.2) is 0 Å². The van der Waals surface area contributed by atoms with Gasteiger partial charge < -0.3 is 14.7 Å². The largest absolute Gasteiger partial charge is 0.339 e. The van der Waals surface area contributed by atoms with Crippen LogP contribution >= 0.6 is 0 Å². The predicted octanol–water partition coefficient (Wildman–Crippen LogP) is 0.882. The molecule has 0 unspecified atom stereocenters. The van der Waals surface area contributed by atoms with E-state index in [0.717, 1.165) is 25.7 Å². The normalized spacial score (nSPS) is 19.3. The van der Waals surface area contributed by atoms with Crippen LogP contribution in [0, 0.1) is 5.92 Å². The molecule has 0 aromatic rings. The van der Waals surface area contributed by atoms with Crippen molar-refractivity contribution in [3.8, 4) is 0 Å². The van der Waals surface area contributed by atoms with E-state index in [1.807, 2.05) is 4.90 Å². The number of nitrogens with zero attached hydrogens (tertiary/aromatic N) is 3. The first kappa shape index (κ1) is 17.5. The fourth-order valence-electron chi connectivity index (χ4n) is 3.32. The summed E-state index contributed by atoms with van der Waals surface area (Å²) < 4.78 is 0. The van der Waals surface area contributed by atoms with E-state index in [2.05, 4.69) is 6.58 Å². The lowest BCUT2D eigenvalue weighted by atomic mass is 9.88. The summed E-state index contributed by atoms with van der Waals surface area (Å²) in [4.78, 5) is 41.1. The summed E-state index contributed by atoms with van der Waals surface area (Å²) in [6, 6.07) is 0. The summed E-state index contributed by atoms with van der Waals surface area (Å²) in [5.74, 6) is 0.107. The van der Waals surface area contributed by atoms with Crippen LogP contribution in [0.5, 0.6) is 0 Å². The van der Waals surface area contributed by atoms with E-state index in [4.69, 9.17) is 0 Å². The first-order valence-corrected chi connectivity index (χ1v) is 8.47. The van der Waals surface area contributed by atoms with Crippen molar-refractivity contribution in [2.75, 3.05) is 39.8 Å². The number of carbonyl (C=O) groups is 3. The maximum Gasteiger partial charge on any atom is 0.246 e. The zero-order chi connectivity index (χ0) is 16.8. The topological polar surface area (TPSA) is 60.9 Å². The lowest BCUT2D eigenvalue weighted by molar-refractivity contribution is -0.144. The Labute approximate surface area is 138 Å². The fraction of sp³-hybridized carbons (Fsp3) is 0.706. The molecule has 2 aliphatic rings. The molecule has 2 fully saturated rings. The van der Waals surface area contributed by atoms with E-state index < -0.39 is 0 Å². The van der Waals surface area contributed by atoms with Crippen LogP contribution in [0.15, 0.2) is 12.7 Å². The number of carbonyl (C=O) groups excluding carboxylic acids is 3. The van der Waals surface area contributed by atoms with Crippen LogP contribution in [0.25, 0.3) is 0 Å². The number of rotatable bonds is 4. The van der Waals surface area contributed by atoms with Crippen molar-refractivity contribution in [2.45, 2.75) is 32.1 Å². The van der Waals surface area contributed by atoms with Crippen LogP contribution in [-0.2, 0) is 14.4 Å². The van der Waals surface area contributed by atoms with Gasteiger partial charge in [0.1, 0.15) is 0 Å². The Morgan fingerprint density at radius 2 is 1.61 bits per heavy atom. The number of piperazine rings is 1. The standard InChI is InChI=1S/C17H27N3O3/c1-3-15(21)18(2)13-16(22)19-9-11-20(12-10-19)17(23)14-7-5-4-6-8-14/h3,14H,1,4-13H2,2H3. The van der Waals surface area contributed by atoms with Crippen LogP contribution in [0.3, 0.4) is 0 Å². The molecule has 0 radical (unpaired) electrons. The fourth-order valence-corrected chi connectivity index (χ4v) is 3.32. The number of hydrogen-bond acceptors (Lipinski definition) is 3. The van der Waals surface area contributed by atoms with Gasteiger partial charge in [-0.1, -0.05) is 25.8 Å². The van der Waals surface area contributed by atoms with Gasteiger partial charge >= 0.3 is 0 Å². The molecule has 1 aliphatic carbocycles. The van der Waals surface area contributed by atoms with E-state index >= 15 is 0 Å². The van der Waals surface area contributed by atoms with Gasteiger partial charge in [-0.2, -0.15) is 0 Å². The third-order valence-electron chi connectivity index (χ3n) is 4.82. The lowest BCUT2D eigenvalue weighted by Gasteiger charge is -2.37. The van der Waals surface area contributed by atoms with Crippen molar-refractivity contribution < 1.29 is 14.4 Å². The SMILES string of the molecule is C=CC(=O)N(C)CC(=O)N1CCN(C(=O)C2CCCCC2)CC1. The van der Waals surface area contributed by atoms with Crippen LogP contribution in [0.4, 0.5) is 0 Å². The minimum atomic E-state index is -0.260.